The summed E-state index contributed by atoms with van der Waals surface area (Å²) in [5.74, 6) is 0.409. The Bertz CT molecular complexity index is 731. The number of amides is 1. The third-order valence-electron chi connectivity index (χ3n) is 3.52. The minimum atomic E-state index is -3.53. The van der Waals surface area contributed by atoms with Crippen LogP contribution in [0.15, 0.2) is 34.7 Å². The summed E-state index contributed by atoms with van der Waals surface area (Å²) in [5.41, 5.74) is 0.194. The zero-order valence-electron chi connectivity index (χ0n) is 15.1. The molecular formula is C17H25N3O4S. The van der Waals surface area contributed by atoms with Crippen LogP contribution in [0.2, 0.25) is 0 Å². The van der Waals surface area contributed by atoms with Gasteiger partial charge in [-0.25, -0.2) is 13.2 Å². The van der Waals surface area contributed by atoms with Gasteiger partial charge in [-0.2, -0.15) is 0 Å². The zero-order chi connectivity index (χ0) is 18.7. The van der Waals surface area contributed by atoms with E-state index in [0.29, 0.717) is 32.0 Å². The van der Waals surface area contributed by atoms with E-state index in [9.17, 15) is 13.2 Å². The molecule has 0 atom stereocenters. The molecule has 1 fully saturated rings. The van der Waals surface area contributed by atoms with E-state index in [1.165, 1.54) is 0 Å². The van der Waals surface area contributed by atoms with Crippen LogP contribution in [0.5, 0.6) is 0 Å². The Morgan fingerprint density at radius 3 is 2.04 bits per heavy atom. The Morgan fingerprint density at radius 1 is 1.04 bits per heavy atom. The van der Waals surface area contributed by atoms with Crippen LogP contribution in [0, 0.1) is 0 Å². The Kier molecular flexibility index (Phi) is 5.72. The first-order valence-corrected chi connectivity index (χ1v) is 9.98. The maximum absolute atomic E-state index is 12.1. The summed E-state index contributed by atoms with van der Waals surface area (Å²) in [7, 11) is -3.53. The highest BCUT2D eigenvalue weighted by Gasteiger charge is 2.27. The van der Waals surface area contributed by atoms with Crippen LogP contribution < -0.4 is 0 Å². The molecule has 1 aromatic carbocycles. The number of amidine groups is 1. The van der Waals surface area contributed by atoms with Crippen LogP contribution in [0.25, 0.3) is 0 Å². The van der Waals surface area contributed by atoms with Gasteiger partial charge in [0.25, 0.3) is 10.0 Å². The number of rotatable bonds is 2. The standard InChI is InChI=1S/C17H25N3O4S/c1-17(2,3)24-16(21)20-12-10-19(11-13-20)15(18-25(4,22)23)14-8-6-5-7-9-14/h5-9H,10-13H2,1-4H3/b18-15+. The summed E-state index contributed by atoms with van der Waals surface area (Å²) in [5, 5.41) is 0. The van der Waals surface area contributed by atoms with E-state index < -0.39 is 15.6 Å². The first-order valence-electron chi connectivity index (χ1n) is 8.13. The minimum absolute atomic E-state index is 0.353. The fourth-order valence-corrected chi connectivity index (χ4v) is 3.00. The molecule has 0 aliphatic carbocycles. The third kappa shape index (κ3) is 6.04. The highest BCUT2D eigenvalue weighted by Crippen LogP contribution is 2.14. The molecule has 0 saturated carbocycles. The number of ether oxygens (including phenoxy) is 1. The normalized spacial score (nSPS) is 16.7. The van der Waals surface area contributed by atoms with Crippen molar-refractivity contribution in [1.82, 2.24) is 9.80 Å². The predicted molar refractivity (Wildman–Crippen MR) is 97.2 cm³/mol. The monoisotopic (exact) mass is 367 g/mol. The maximum Gasteiger partial charge on any atom is 0.410 e. The lowest BCUT2D eigenvalue weighted by atomic mass is 10.1. The van der Waals surface area contributed by atoms with Gasteiger partial charge in [-0.1, -0.05) is 30.3 Å². The Balaban J connectivity index is 2.13. The van der Waals surface area contributed by atoms with Crippen molar-refractivity contribution in [3.05, 3.63) is 35.9 Å². The third-order valence-corrected chi connectivity index (χ3v) is 4.02. The summed E-state index contributed by atoms with van der Waals surface area (Å²) < 4.78 is 32.7. The lowest BCUT2D eigenvalue weighted by molar-refractivity contribution is 0.0187. The zero-order valence-corrected chi connectivity index (χ0v) is 15.9. The van der Waals surface area contributed by atoms with Gasteiger partial charge in [0.05, 0.1) is 6.26 Å². The number of piperazine rings is 1. The van der Waals surface area contributed by atoms with Crippen molar-refractivity contribution >= 4 is 22.0 Å². The van der Waals surface area contributed by atoms with Crippen LogP contribution in [0.1, 0.15) is 26.3 Å². The summed E-state index contributed by atoms with van der Waals surface area (Å²) in [4.78, 5) is 15.7. The van der Waals surface area contributed by atoms with Crippen LogP contribution in [-0.4, -0.2) is 68.2 Å². The molecule has 2 rings (SSSR count). The van der Waals surface area contributed by atoms with Crippen molar-refractivity contribution in [2.75, 3.05) is 32.4 Å². The van der Waals surface area contributed by atoms with Crippen molar-refractivity contribution in [3.63, 3.8) is 0 Å². The molecule has 1 aromatic rings. The number of benzene rings is 1. The Morgan fingerprint density at radius 2 is 1.56 bits per heavy atom. The number of nitrogens with zero attached hydrogens (tertiary/aromatic N) is 3. The van der Waals surface area contributed by atoms with Gasteiger partial charge in [0.15, 0.2) is 0 Å². The van der Waals surface area contributed by atoms with Gasteiger partial charge >= 0.3 is 6.09 Å². The molecule has 8 heteroatoms. The van der Waals surface area contributed by atoms with Crippen molar-refractivity contribution in [2.24, 2.45) is 4.40 Å². The molecule has 0 unspecified atom stereocenters. The van der Waals surface area contributed by atoms with Crippen molar-refractivity contribution in [1.29, 1.82) is 0 Å². The lowest BCUT2D eigenvalue weighted by Gasteiger charge is -2.37. The lowest BCUT2D eigenvalue weighted by Crippen LogP contribution is -2.52. The molecule has 1 heterocycles. The summed E-state index contributed by atoms with van der Waals surface area (Å²) >= 11 is 0. The van der Waals surface area contributed by atoms with Gasteiger partial charge in [0, 0.05) is 31.7 Å². The SMILES string of the molecule is CC(C)(C)OC(=O)N1CCN(/C(=N/S(C)(=O)=O)c2ccccc2)CC1. The van der Waals surface area contributed by atoms with Crippen LogP contribution in [0.3, 0.4) is 0 Å². The molecule has 7 nitrogen and oxygen atoms in total. The van der Waals surface area contributed by atoms with Crippen LogP contribution in [-0.2, 0) is 14.8 Å². The summed E-state index contributed by atoms with van der Waals surface area (Å²) in [6.45, 7) is 7.36. The van der Waals surface area contributed by atoms with E-state index in [-0.39, 0.29) is 6.09 Å². The number of carbonyl (C=O) groups excluding carboxylic acids is 1. The van der Waals surface area contributed by atoms with Gasteiger partial charge in [-0.15, -0.1) is 4.40 Å². The van der Waals surface area contributed by atoms with Gasteiger partial charge in [0.2, 0.25) is 0 Å². The quantitative estimate of drug-likeness (QED) is 0.590. The van der Waals surface area contributed by atoms with E-state index in [1.54, 1.807) is 4.90 Å². The second-order valence-corrected chi connectivity index (χ2v) is 8.62. The molecule has 1 saturated heterocycles. The Labute approximate surface area is 149 Å². The highest BCUT2D eigenvalue weighted by molar-refractivity contribution is 7.89. The number of hydrogen-bond acceptors (Lipinski definition) is 4. The molecule has 138 valence electrons. The molecule has 1 aliphatic rings. The first kappa shape index (κ1) is 19.2. The van der Waals surface area contributed by atoms with E-state index in [4.69, 9.17) is 4.74 Å². The molecule has 1 aliphatic heterocycles. The van der Waals surface area contributed by atoms with Crippen LogP contribution in [0.4, 0.5) is 4.79 Å². The molecule has 0 aromatic heterocycles. The number of hydrogen-bond donors (Lipinski definition) is 0. The minimum Gasteiger partial charge on any atom is -0.444 e. The number of sulfonamides is 1. The second kappa shape index (κ2) is 7.43. The van der Waals surface area contributed by atoms with Gasteiger partial charge in [-0.3, -0.25) is 0 Å². The average molecular weight is 367 g/mol. The predicted octanol–water partition coefficient (Wildman–Crippen LogP) is 1.95. The van der Waals surface area contributed by atoms with Crippen molar-refractivity contribution < 1.29 is 17.9 Å². The van der Waals surface area contributed by atoms with Gasteiger partial charge < -0.3 is 14.5 Å². The summed E-state index contributed by atoms with van der Waals surface area (Å²) in [6, 6.07) is 9.19. The average Bonchev–Trinajstić information content (AvgIpc) is 2.51. The largest absolute Gasteiger partial charge is 0.444 e. The van der Waals surface area contributed by atoms with E-state index >= 15 is 0 Å². The van der Waals surface area contributed by atoms with Crippen LogP contribution >= 0.6 is 0 Å². The molecule has 25 heavy (non-hydrogen) atoms. The topological polar surface area (TPSA) is 79.3 Å². The molecule has 1 amide bonds. The fraction of sp³-hybridized carbons (Fsp3) is 0.529. The highest BCUT2D eigenvalue weighted by atomic mass is 32.2. The second-order valence-electron chi connectivity index (χ2n) is 6.97. The van der Waals surface area contributed by atoms with Gasteiger partial charge in [-0.05, 0) is 20.8 Å². The van der Waals surface area contributed by atoms with Crippen molar-refractivity contribution in [3.8, 4) is 0 Å². The Hall–Kier alpha value is -2.09. The van der Waals surface area contributed by atoms with E-state index in [1.807, 2.05) is 56.0 Å². The smallest absolute Gasteiger partial charge is 0.410 e. The molecule has 0 bridgehead atoms. The number of carbonyl (C=O) groups is 1. The molecule has 0 radical (unpaired) electrons. The summed E-state index contributed by atoms with van der Waals surface area (Å²) in [6.07, 6.45) is 0.723. The van der Waals surface area contributed by atoms with Gasteiger partial charge in [0.1, 0.15) is 11.4 Å². The first-order chi connectivity index (χ1) is 11.6. The maximum atomic E-state index is 12.1. The fourth-order valence-electron chi connectivity index (χ4n) is 2.46. The van der Waals surface area contributed by atoms with E-state index in [0.717, 1.165) is 11.8 Å². The molecular weight excluding hydrogens is 342 g/mol. The van der Waals surface area contributed by atoms with Crippen molar-refractivity contribution in [2.45, 2.75) is 26.4 Å². The van der Waals surface area contributed by atoms with E-state index in [2.05, 4.69) is 4.40 Å². The molecule has 0 spiro atoms. The molecule has 0 N–H and O–H groups in total.